The second-order valence-corrected chi connectivity index (χ2v) is 7.39. The van der Waals surface area contributed by atoms with Crippen molar-refractivity contribution in [2.24, 2.45) is 5.41 Å². The summed E-state index contributed by atoms with van der Waals surface area (Å²) in [5, 5.41) is 3.46. The largest absolute Gasteiger partial charge is 0.356 e. The lowest BCUT2D eigenvalue weighted by molar-refractivity contribution is 0.515. The average molecular weight is 327 g/mol. The van der Waals surface area contributed by atoms with Crippen LogP contribution in [0, 0.1) is 17.3 Å². The molecule has 1 nitrogen and oxygen atoms in total. The molecule has 25 heavy (non-hydrogen) atoms. The zero-order valence-corrected chi connectivity index (χ0v) is 15.2. The van der Waals surface area contributed by atoms with E-state index < -0.39 is 0 Å². The third kappa shape index (κ3) is 4.64. The minimum Gasteiger partial charge on any atom is -0.356 e. The van der Waals surface area contributed by atoms with Crippen LogP contribution in [0.1, 0.15) is 38.7 Å². The van der Waals surface area contributed by atoms with Gasteiger partial charge in [-0.1, -0.05) is 81.2 Å². The summed E-state index contributed by atoms with van der Waals surface area (Å²) in [5.41, 5.74) is 4.91. The Labute approximate surface area is 151 Å². The number of anilines is 2. The summed E-state index contributed by atoms with van der Waals surface area (Å²) < 4.78 is 0. The first-order chi connectivity index (χ1) is 12.0. The van der Waals surface area contributed by atoms with Gasteiger partial charge in [-0.25, -0.2) is 0 Å². The first-order valence-corrected chi connectivity index (χ1v) is 8.82. The molecule has 3 rings (SSSR count). The molecule has 1 unspecified atom stereocenters. The van der Waals surface area contributed by atoms with Gasteiger partial charge in [-0.2, -0.15) is 0 Å². The van der Waals surface area contributed by atoms with Crippen LogP contribution >= 0.6 is 0 Å². The summed E-state index contributed by atoms with van der Waals surface area (Å²) in [6.07, 6.45) is 7.53. The standard InChI is InChI=1S/C24H25N/c1-24(2,3)21-12-8-7-10-19(16-17-21)20-11-9-15-23(18-20)25-22-13-5-4-6-14-22/h4-6,9,11-19,25H,8H2,1-3H3/b17-16-,21-12+. The number of hydrogen-bond donors (Lipinski definition) is 1. The van der Waals surface area contributed by atoms with Crippen molar-refractivity contribution >= 4 is 11.4 Å². The Balaban J connectivity index is 1.84. The van der Waals surface area contributed by atoms with Crippen molar-refractivity contribution in [3.05, 3.63) is 84.0 Å². The predicted octanol–water partition coefficient (Wildman–Crippen LogP) is 6.45. The van der Waals surface area contributed by atoms with Gasteiger partial charge < -0.3 is 5.32 Å². The van der Waals surface area contributed by atoms with Crippen LogP contribution in [0.15, 0.2) is 78.4 Å². The molecule has 1 N–H and O–H groups in total. The number of nitrogens with one attached hydrogen (secondary N) is 1. The van der Waals surface area contributed by atoms with Crippen molar-refractivity contribution < 1.29 is 0 Å². The second-order valence-electron chi connectivity index (χ2n) is 7.39. The monoisotopic (exact) mass is 327 g/mol. The van der Waals surface area contributed by atoms with Gasteiger partial charge in [0.15, 0.2) is 0 Å². The van der Waals surface area contributed by atoms with Crippen LogP contribution in [0.2, 0.25) is 0 Å². The molecule has 0 radical (unpaired) electrons. The Bertz CT molecular complexity index is 839. The lowest BCUT2D eigenvalue weighted by atomic mass is 9.84. The van der Waals surface area contributed by atoms with Gasteiger partial charge in [0.25, 0.3) is 0 Å². The molecule has 126 valence electrons. The molecule has 1 heteroatoms. The molecular formula is C24H25N. The van der Waals surface area contributed by atoms with Gasteiger partial charge in [0.2, 0.25) is 0 Å². The normalized spacial score (nSPS) is 20.3. The van der Waals surface area contributed by atoms with Crippen LogP contribution in [-0.4, -0.2) is 0 Å². The number of hydrogen-bond acceptors (Lipinski definition) is 1. The molecule has 0 spiro atoms. The maximum Gasteiger partial charge on any atom is 0.0636 e. The summed E-state index contributed by atoms with van der Waals surface area (Å²) in [7, 11) is 0. The highest BCUT2D eigenvalue weighted by atomic mass is 14.9. The smallest absolute Gasteiger partial charge is 0.0636 e. The molecule has 0 saturated heterocycles. The highest BCUT2D eigenvalue weighted by Crippen LogP contribution is 2.30. The van der Waals surface area contributed by atoms with Gasteiger partial charge in [0.1, 0.15) is 0 Å². The fourth-order valence-electron chi connectivity index (χ4n) is 2.89. The van der Waals surface area contributed by atoms with Gasteiger partial charge >= 0.3 is 0 Å². The van der Waals surface area contributed by atoms with Gasteiger partial charge in [0, 0.05) is 17.8 Å². The lowest BCUT2D eigenvalue weighted by Crippen LogP contribution is -2.08. The molecule has 1 atom stereocenters. The third-order valence-corrected chi connectivity index (χ3v) is 4.32. The molecular weight excluding hydrogens is 302 g/mol. The van der Waals surface area contributed by atoms with E-state index in [1.807, 2.05) is 18.2 Å². The quantitative estimate of drug-likeness (QED) is 0.639. The maximum atomic E-state index is 3.46. The molecule has 2 aromatic rings. The van der Waals surface area contributed by atoms with E-state index in [0.29, 0.717) is 0 Å². The molecule has 0 aliphatic heterocycles. The molecule has 0 bridgehead atoms. The van der Waals surface area contributed by atoms with E-state index in [2.05, 4.69) is 92.6 Å². The Morgan fingerprint density at radius 3 is 2.48 bits per heavy atom. The number of benzene rings is 2. The maximum absolute atomic E-state index is 3.46. The van der Waals surface area contributed by atoms with Gasteiger partial charge in [0.05, 0.1) is 5.92 Å². The number of para-hydroxylation sites is 1. The summed E-state index contributed by atoms with van der Waals surface area (Å²) in [4.78, 5) is 0. The predicted molar refractivity (Wildman–Crippen MR) is 108 cm³/mol. The van der Waals surface area contributed by atoms with Gasteiger partial charge in [-0.05, 0) is 40.8 Å². The Kier molecular flexibility index (Phi) is 5.10. The molecule has 0 amide bonds. The van der Waals surface area contributed by atoms with Crippen molar-refractivity contribution in [2.75, 3.05) is 5.32 Å². The van der Waals surface area contributed by atoms with Crippen LogP contribution in [-0.2, 0) is 0 Å². The highest BCUT2D eigenvalue weighted by Gasteiger charge is 2.15. The van der Waals surface area contributed by atoms with E-state index in [0.717, 1.165) is 17.8 Å². The zero-order chi connectivity index (χ0) is 17.7. The molecule has 0 fully saturated rings. The van der Waals surface area contributed by atoms with Crippen LogP contribution in [0.25, 0.3) is 0 Å². The van der Waals surface area contributed by atoms with Crippen LogP contribution in [0.4, 0.5) is 11.4 Å². The molecule has 0 aromatic heterocycles. The molecule has 0 heterocycles. The molecule has 1 aliphatic rings. The summed E-state index contributed by atoms with van der Waals surface area (Å²) in [6, 6.07) is 18.8. The Morgan fingerprint density at radius 2 is 1.72 bits per heavy atom. The topological polar surface area (TPSA) is 12.0 Å². The van der Waals surface area contributed by atoms with E-state index in [9.17, 15) is 0 Å². The lowest BCUT2D eigenvalue weighted by Gasteiger charge is -2.21. The Hall–Kier alpha value is -2.72. The second kappa shape index (κ2) is 7.45. The SMILES string of the molecule is CC(C)(C)C1=C/CC#CC(c2cccc(Nc3ccccc3)c2)/C=C\1. The highest BCUT2D eigenvalue weighted by molar-refractivity contribution is 5.61. The summed E-state index contributed by atoms with van der Waals surface area (Å²) >= 11 is 0. The van der Waals surface area contributed by atoms with E-state index >= 15 is 0 Å². The first kappa shape index (κ1) is 17.1. The Morgan fingerprint density at radius 1 is 0.960 bits per heavy atom. The van der Waals surface area contributed by atoms with Gasteiger partial charge in [-0.3, -0.25) is 0 Å². The average Bonchev–Trinajstić information content (AvgIpc) is 2.55. The van der Waals surface area contributed by atoms with Crippen molar-refractivity contribution in [3.63, 3.8) is 0 Å². The fourth-order valence-corrected chi connectivity index (χ4v) is 2.89. The number of rotatable bonds is 3. The fraction of sp³-hybridized carbons (Fsp3) is 0.250. The van der Waals surface area contributed by atoms with Gasteiger partial charge in [-0.15, -0.1) is 0 Å². The third-order valence-electron chi connectivity index (χ3n) is 4.32. The van der Waals surface area contributed by atoms with Crippen molar-refractivity contribution in [1.29, 1.82) is 0 Å². The van der Waals surface area contributed by atoms with Crippen molar-refractivity contribution in [2.45, 2.75) is 33.1 Å². The van der Waals surface area contributed by atoms with Crippen LogP contribution in [0.3, 0.4) is 0 Å². The minimum absolute atomic E-state index is 0.128. The minimum atomic E-state index is 0.128. The van der Waals surface area contributed by atoms with Crippen LogP contribution < -0.4 is 5.32 Å². The van der Waals surface area contributed by atoms with Crippen molar-refractivity contribution in [1.82, 2.24) is 0 Å². The zero-order valence-electron chi connectivity index (χ0n) is 15.2. The molecule has 0 saturated carbocycles. The van der Waals surface area contributed by atoms with E-state index in [1.165, 1.54) is 11.1 Å². The van der Waals surface area contributed by atoms with E-state index in [1.54, 1.807) is 0 Å². The van der Waals surface area contributed by atoms with E-state index in [-0.39, 0.29) is 11.3 Å². The summed E-state index contributed by atoms with van der Waals surface area (Å²) in [5.74, 6) is 6.83. The van der Waals surface area contributed by atoms with Crippen LogP contribution in [0.5, 0.6) is 0 Å². The number of allylic oxidation sites excluding steroid dienone is 4. The first-order valence-electron chi connectivity index (χ1n) is 8.82. The molecule has 1 aliphatic carbocycles. The van der Waals surface area contributed by atoms with E-state index in [4.69, 9.17) is 0 Å². The summed E-state index contributed by atoms with van der Waals surface area (Å²) in [6.45, 7) is 6.74. The molecule has 2 aromatic carbocycles. The van der Waals surface area contributed by atoms with Crippen molar-refractivity contribution in [3.8, 4) is 11.8 Å².